The van der Waals surface area contributed by atoms with E-state index in [2.05, 4.69) is 50.8 Å². The van der Waals surface area contributed by atoms with Crippen LogP contribution in [0.5, 0.6) is 0 Å². The summed E-state index contributed by atoms with van der Waals surface area (Å²) in [5.41, 5.74) is 9.06. The van der Waals surface area contributed by atoms with Crippen molar-refractivity contribution in [3.63, 3.8) is 0 Å². The largest absolute Gasteiger partial charge is 0.322 e. The highest BCUT2D eigenvalue weighted by Gasteiger charge is 2.15. The van der Waals surface area contributed by atoms with Crippen molar-refractivity contribution < 1.29 is 14.4 Å². The molecule has 0 saturated carbocycles. The van der Waals surface area contributed by atoms with Crippen LogP contribution in [0.1, 0.15) is 82.7 Å². The molecule has 0 fully saturated rings. The van der Waals surface area contributed by atoms with E-state index in [-0.39, 0.29) is 11.3 Å². The molecule has 3 aromatic rings. The number of benzene rings is 3. The average Bonchev–Trinajstić information content (AvgIpc) is 2.82. The standard InChI is InChI=1S/C28H31N3O3/c1-18(2)19-6-8-21(9-7-19)26(33)30-31-27(34)22-12-16-24(17-13-22)29-25(32)20-10-14-23(15-11-20)28(3,4)5/h6-18H,1-5H3,(H,29,32)(H,30,33)(H,31,34). The van der Waals surface area contributed by atoms with Crippen LogP contribution in [-0.4, -0.2) is 17.7 Å². The van der Waals surface area contributed by atoms with Gasteiger partial charge in [-0.15, -0.1) is 0 Å². The second-order valence-corrected chi connectivity index (χ2v) is 9.54. The molecule has 0 aromatic heterocycles. The van der Waals surface area contributed by atoms with Gasteiger partial charge in [0.2, 0.25) is 0 Å². The van der Waals surface area contributed by atoms with Crippen LogP contribution in [0.4, 0.5) is 5.69 Å². The molecule has 34 heavy (non-hydrogen) atoms. The highest BCUT2D eigenvalue weighted by atomic mass is 16.2. The number of nitrogens with one attached hydrogen (secondary N) is 3. The SMILES string of the molecule is CC(C)c1ccc(C(=O)NNC(=O)c2ccc(NC(=O)c3ccc(C(C)(C)C)cc3)cc2)cc1. The highest BCUT2D eigenvalue weighted by molar-refractivity contribution is 6.04. The van der Waals surface area contributed by atoms with Crippen LogP contribution < -0.4 is 16.2 Å². The third-order valence-corrected chi connectivity index (χ3v) is 5.55. The lowest BCUT2D eigenvalue weighted by atomic mass is 9.87. The maximum atomic E-state index is 12.5. The molecule has 176 valence electrons. The predicted octanol–water partition coefficient (Wildman–Crippen LogP) is 5.43. The van der Waals surface area contributed by atoms with Crippen LogP contribution in [0.15, 0.2) is 72.8 Å². The molecular weight excluding hydrogens is 426 g/mol. The Morgan fingerprint density at radius 1 is 0.618 bits per heavy atom. The summed E-state index contributed by atoms with van der Waals surface area (Å²) in [5, 5.41) is 2.83. The lowest BCUT2D eigenvalue weighted by molar-refractivity contribution is 0.0846. The number of anilines is 1. The molecule has 3 amide bonds. The third kappa shape index (κ3) is 6.32. The van der Waals surface area contributed by atoms with Gasteiger partial charge in [0.05, 0.1) is 0 Å². The fourth-order valence-corrected chi connectivity index (χ4v) is 3.31. The first-order valence-electron chi connectivity index (χ1n) is 11.3. The van der Waals surface area contributed by atoms with E-state index in [0.29, 0.717) is 28.3 Å². The van der Waals surface area contributed by atoms with E-state index < -0.39 is 11.8 Å². The Balaban J connectivity index is 1.54. The maximum Gasteiger partial charge on any atom is 0.269 e. The van der Waals surface area contributed by atoms with Crippen LogP contribution >= 0.6 is 0 Å². The smallest absolute Gasteiger partial charge is 0.269 e. The van der Waals surface area contributed by atoms with Crippen molar-refractivity contribution in [3.8, 4) is 0 Å². The molecule has 0 radical (unpaired) electrons. The average molecular weight is 458 g/mol. The van der Waals surface area contributed by atoms with E-state index in [4.69, 9.17) is 0 Å². The van der Waals surface area contributed by atoms with Crippen LogP contribution in [0.3, 0.4) is 0 Å². The predicted molar refractivity (Wildman–Crippen MR) is 135 cm³/mol. The van der Waals surface area contributed by atoms with Crippen LogP contribution in [-0.2, 0) is 5.41 Å². The minimum absolute atomic E-state index is 0.0171. The summed E-state index contributed by atoms with van der Waals surface area (Å²) in [4.78, 5) is 37.2. The third-order valence-electron chi connectivity index (χ3n) is 5.55. The van der Waals surface area contributed by atoms with E-state index >= 15 is 0 Å². The van der Waals surface area contributed by atoms with Crippen molar-refractivity contribution in [2.24, 2.45) is 0 Å². The van der Waals surface area contributed by atoms with E-state index in [0.717, 1.165) is 11.1 Å². The van der Waals surface area contributed by atoms with Gasteiger partial charge in [-0.1, -0.05) is 58.9 Å². The summed E-state index contributed by atoms with van der Waals surface area (Å²) in [5.74, 6) is -0.709. The van der Waals surface area contributed by atoms with Gasteiger partial charge in [-0.25, -0.2) is 0 Å². The number of amides is 3. The zero-order valence-electron chi connectivity index (χ0n) is 20.2. The van der Waals surface area contributed by atoms with Gasteiger partial charge in [0.15, 0.2) is 0 Å². The summed E-state index contributed by atoms with van der Waals surface area (Å²) in [7, 11) is 0. The second kappa shape index (κ2) is 10.3. The number of carbonyl (C=O) groups excluding carboxylic acids is 3. The zero-order chi connectivity index (χ0) is 24.9. The second-order valence-electron chi connectivity index (χ2n) is 9.54. The van der Waals surface area contributed by atoms with E-state index in [9.17, 15) is 14.4 Å². The number of hydrogen-bond acceptors (Lipinski definition) is 3. The van der Waals surface area contributed by atoms with Gasteiger partial charge in [-0.3, -0.25) is 25.2 Å². The molecule has 0 spiro atoms. The Kier molecular flexibility index (Phi) is 7.51. The van der Waals surface area contributed by atoms with Gasteiger partial charge in [0.25, 0.3) is 17.7 Å². The molecular formula is C28H31N3O3. The molecule has 0 aliphatic carbocycles. The Morgan fingerprint density at radius 2 is 1.03 bits per heavy atom. The van der Waals surface area contributed by atoms with Gasteiger partial charge in [-0.05, 0) is 71.0 Å². The van der Waals surface area contributed by atoms with Gasteiger partial charge >= 0.3 is 0 Å². The molecule has 0 saturated heterocycles. The van der Waals surface area contributed by atoms with E-state index in [1.807, 2.05) is 24.3 Å². The van der Waals surface area contributed by atoms with Crippen LogP contribution in [0.25, 0.3) is 0 Å². The minimum atomic E-state index is -0.456. The van der Waals surface area contributed by atoms with Gasteiger partial charge in [0.1, 0.15) is 0 Å². The number of hydrazine groups is 1. The number of carbonyl (C=O) groups is 3. The molecule has 6 heteroatoms. The molecule has 0 unspecified atom stereocenters. The fraction of sp³-hybridized carbons (Fsp3) is 0.250. The molecule has 0 aliphatic heterocycles. The van der Waals surface area contributed by atoms with Gasteiger partial charge in [0, 0.05) is 22.4 Å². The summed E-state index contributed by atoms with van der Waals surface area (Å²) in [6.07, 6.45) is 0. The first-order chi connectivity index (χ1) is 16.0. The van der Waals surface area contributed by atoms with E-state index in [1.54, 1.807) is 48.5 Å². The van der Waals surface area contributed by atoms with Crippen molar-refractivity contribution in [1.29, 1.82) is 0 Å². The number of hydrogen-bond donors (Lipinski definition) is 3. The Bertz CT molecular complexity index is 1160. The Morgan fingerprint density at radius 3 is 1.47 bits per heavy atom. The number of rotatable bonds is 5. The lowest BCUT2D eigenvalue weighted by Crippen LogP contribution is -2.41. The normalized spacial score (nSPS) is 11.1. The minimum Gasteiger partial charge on any atom is -0.322 e. The molecule has 6 nitrogen and oxygen atoms in total. The van der Waals surface area contributed by atoms with Crippen molar-refractivity contribution in [1.82, 2.24) is 10.9 Å². The van der Waals surface area contributed by atoms with Gasteiger partial charge < -0.3 is 5.32 Å². The summed E-state index contributed by atoms with van der Waals surface area (Å²) in [6, 6.07) is 21.2. The zero-order valence-corrected chi connectivity index (χ0v) is 20.2. The van der Waals surface area contributed by atoms with Crippen molar-refractivity contribution >= 4 is 23.4 Å². The first-order valence-corrected chi connectivity index (χ1v) is 11.3. The highest BCUT2D eigenvalue weighted by Crippen LogP contribution is 2.22. The van der Waals surface area contributed by atoms with Crippen LogP contribution in [0.2, 0.25) is 0 Å². The summed E-state index contributed by atoms with van der Waals surface area (Å²) >= 11 is 0. The summed E-state index contributed by atoms with van der Waals surface area (Å²) < 4.78 is 0. The maximum absolute atomic E-state index is 12.5. The fourth-order valence-electron chi connectivity index (χ4n) is 3.31. The van der Waals surface area contributed by atoms with Gasteiger partial charge in [-0.2, -0.15) is 0 Å². The summed E-state index contributed by atoms with van der Waals surface area (Å²) in [6.45, 7) is 10.5. The van der Waals surface area contributed by atoms with Crippen LogP contribution in [0, 0.1) is 0 Å². The molecule has 3 rings (SSSR count). The van der Waals surface area contributed by atoms with E-state index in [1.165, 1.54) is 0 Å². The van der Waals surface area contributed by atoms with Crippen molar-refractivity contribution in [2.75, 3.05) is 5.32 Å². The quantitative estimate of drug-likeness (QED) is 0.446. The Labute approximate surface area is 200 Å². The topological polar surface area (TPSA) is 87.3 Å². The molecule has 0 aliphatic rings. The Hall–Kier alpha value is -3.93. The molecule has 0 bridgehead atoms. The molecule has 3 aromatic carbocycles. The first kappa shape index (κ1) is 24.7. The molecule has 0 heterocycles. The monoisotopic (exact) mass is 457 g/mol. The lowest BCUT2D eigenvalue weighted by Gasteiger charge is -2.19. The van der Waals surface area contributed by atoms with Crippen molar-refractivity contribution in [3.05, 3.63) is 101 Å². The molecule has 0 atom stereocenters. The van der Waals surface area contributed by atoms with Crippen molar-refractivity contribution in [2.45, 2.75) is 46.0 Å². The molecule has 3 N–H and O–H groups in total.